The van der Waals surface area contributed by atoms with E-state index in [1.807, 2.05) is 36.4 Å². The zero-order valence-corrected chi connectivity index (χ0v) is 12.8. The highest BCUT2D eigenvalue weighted by Gasteiger charge is 2.00. The summed E-state index contributed by atoms with van der Waals surface area (Å²) in [5.41, 5.74) is 1.00. The maximum absolute atomic E-state index is 5.55. The van der Waals surface area contributed by atoms with E-state index in [1.54, 1.807) is 7.11 Å². The number of ether oxygens (including phenoxy) is 2. The Hall–Kier alpha value is -1.21. The number of hydrogen-bond donors (Lipinski definition) is 1. The second kappa shape index (κ2) is 7.40. The van der Waals surface area contributed by atoms with Crippen LogP contribution < -0.4 is 10.1 Å². The fraction of sp³-hybridized carbons (Fsp3) is 0.286. The van der Waals surface area contributed by atoms with Crippen molar-refractivity contribution >= 4 is 28.3 Å². The van der Waals surface area contributed by atoms with Gasteiger partial charge in [-0.15, -0.1) is 0 Å². The molecule has 1 heterocycles. The Morgan fingerprint density at radius 2 is 2.11 bits per heavy atom. The molecule has 1 aromatic heterocycles. The summed E-state index contributed by atoms with van der Waals surface area (Å²) >= 11 is 2.15. The molecule has 102 valence electrons. The first kappa shape index (κ1) is 14.2. The first-order valence-corrected chi connectivity index (χ1v) is 7.05. The van der Waals surface area contributed by atoms with Crippen molar-refractivity contribution in [2.75, 3.05) is 25.6 Å². The molecule has 0 fully saturated rings. The number of furan rings is 1. The average molecular weight is 373 g/mol. The average Bonchev–Trinajstić information content (AvgIpc) is 2.83. The van der Waals surface area contributed by atoms with Crippen LogP contribution in [0.25, 0.3) is 0 Å². The number of benzene rings is 1. The largest absolute Gasteiger partial charge is 0.491 e. The molecule has 0 bridgehead atoms. The Bertz CT molecular complexity index is 513. The van der Waals surface area contributed by atoms with Gasteiger partial charge in [0.15, 0.2) is 3.77 Å². The van der Waals surface area contributed by atoms with Crippen LogP contribution in [0.5, 0.6) is 5.75 Å². The molecule has 0 atom stereocenters. The maximum atomic E-state index is 5.55. The summed E-state index contributed by atoms with van der Waals surface area (Å²) < 4.78 is 16.9. The second-order valence-electron chi connectivity index (χ2n) is 3.93. The van der Waals surface area contributed by atoms with Crippen molar-refractivity contribution in [1.82, 2.24) is 0 Å². The van der Waals surface area contributed by atoms with Crippen molar-refractivity contribution in [2.45, 2.75) is 6.54 Å². The van der Waals surface area contributed by atoms with Crippen LogP contribution in [0.2, 0.25) is 0 Å². The highest BCUT2D eigenvalue weighted by atomic mass is 127. The molecule has 2 rings (SSSR count). The molecule has 0 amide bonds. The van der Waals surface area contributed by atoms with Crippen LogP contribution in [-0.4, -0.2) is 20.3 Å². The number of methoxy groups -OCH3 is 1. The number of rotatable bonds is 7. The lowest BCUT2D eigenvalue weighted by molar-refractivity contribution is 0.146. The topological polar surface area (TPSA) is 43.6 Å². The predicted molar refractivity (Wildman–Crippen MR) is 82.6 cm³/mol. The van der Waals surface area contributed by atoms with Gasteiger partial charge >= 0.3 is 0 Å². The third kappa shape index (κ3) is 4.76. The molecule has 1 N–H and O–H groups in total. The summed E-state index contributed by atoms with van der Waals surface area (Å²) in [6.45, 7) is 1.79. The third-order valence-corrected chi connectivity index (χ3v) is 3.07. The zero-order chi connectivity index (χ0) is 13.5. The third-order valence-electron chi connectivity index (χ3n) is 2.49. The van der Waals surface area contributed by atoms with Crippen LogP contribution in [0, 0.1) is 3.77 Å². The quantitative estimate of drug-likeness (QED) is 0.596. The normalized spacial score (nSPS) is 10.4. The minimum atomic E-state index is 0.552. The van der Waals surface area contributed by atoms with Gasteiger partial charge in [0.05, 0.1) is 13.2 Å². The molecular weight excluding hydrogens is 357 g/mol. The lowest BCUT2D eigenvalue weighted by atomic mass is 10.3. The van der Waals surface area contributed by atoms with Crippen LogP contribution in [-0.2, 0) is 11.3 Å². The summed E-state index contributed by atoms with van der Waals surface area (Å²) in [5.74, 6) is 1.74. The van der Waals surface area contributed by atoms with Gasteiger partial charge in [-0.05, 0) is 46.9 Å². The number of anilines is 1. The van der Waals surface area contributed by atoms with E-state index in [0.717, 1.165) is 21.0 Å². The molecule has 0 radical (unpaired) electrons. The number of nitrogens with one attached hydrogen (secondary N) is 1. The second-order valence-corrected chi connectivity index (χ2v) is 4.99. The van der Waals surface area contributed by atoms with E-state index in [0.29, 0.717) is 19.8 Å². The summed E-state index contributed by atoms with van der Waals surface area (Å²) in [6.07, 6.45) is 0. The van der Waals surface area contributed by atoms with Crippen molar-refractivity contribution in [3.8, 4) is 5.75 Å². The summed E-state index contributed by atoms with van der Waals surface area (Å²) in [5, 5.41) is 3.30. The monoisotopic (exact) mass is 373 g/mol. The van der Waals surface area contributed by atoms with E-state index in [9.17, 15) is 0 Å². The van der Waals surface area contributed by atoms with E-state index in [-0.39, 0.29) is 0 Å². The SMILES string of the molecule is COCCOc1cccc(NCc2ccc(I)o2)c1. The molecule has 0 unspecified atom stereocenters. The van der Waals surface area contributed by atoms with Gasteiger partial charge < -0.3 is 19.2 Å². The Kier molecular flexibility index (Phi) is 5.53. The first-order valence-electron chi connectivity index (χ1n) is 5.98. The van der Waals surface area contributed by atoms with Gasteiger partial charge in [0.1, 0.15) is 18.1 Å². The van der Waals surface area contributed by atoms with Gasteiger partial charge in [-0.1, -0.05) is 6.07 Å². The highest BCUT2D eigenvalue weighted by molar-refractivity contribution is 14.1. The molecule has 2 aromatic rings. The molecule has 0 saturated heterocycles. The zero-order valence-electron chi connectivity index (χ0n) is 10.7. The van der Waals surface area contributed by atoms with Crippen LogP contribution >= 0.6 is 22.6 Å². The minimum Gasteiger partial charge on any atom is -0.491 e. The molecule has 0 saturated carbocycles. The minimum absolute atomic E-state index is 0.552. The maximum Gasteiger partial charge on any atom is 0.164 e. The Morgan fingerprint density at radius 3 is 2.84 bits per heavy atom. The van der Waals surface area contributed by atoms with Crippen molar-refractivity contribution in [2.24, 2.45) is 0 Å². The van der Waals surface area contributed by atoms with Crippen LogP contribution in [0.4, 0.5) is 5.69 Å². The van der Waals surface area contributed by atoms with Crippen molar-refractivity contribution < 1.29 is 13.9 Å². The fourth-order valence-corrected chi connectivity index (χ4v) is 2.04. The molecule has 4 nitrogen and oxygen atoms in total. The molecule has 5 heteroatoms. The lowest BCUT2D eigenvalue weighted by Crippen LogP contribution is -2.04. The van der Waals surface area contributed by atoms with E-state index >= 15 is 0 Å². The van der Waals surface area contributed by atoms with E-state index in [1.165, 1.54) is 0 Å². The first-order chi connectivity index (χ1) is 9.28. The molecule has 1 aromatic carbocycles. The van der Waals surface area contributed by atoms with Crippen LogP contribution in [0.15, 0.2) is 40.8 Å². The summed E-state index contributed by atoms with van der Waals surface area (Å²) in [6, 6.07) is 11.8. The van der Waals surface area contributed by atoms with Gasteiger partial charge in [-0.25, -0.2) is 0 Å². The van der Waals surface area contributed by atoms with Crippen LogP contribution in [0.3, 0.4) is 0 Å². The van der Waals surface area contributed by atoms with Crippen LogP contribution in [0.1, 0.15) is 5.76 Å². The van der Waals surface area contributed by atoms with Crippen molar-refractivity contribution in [3.05, 3.63) is 45.9 Å². The van der Waals surface area contributed by atoms with Crippen molar-refractivity contribution in [3.63, 3.8) is 0 Å². The molecular formula is C14H16INO3. The molecule has 0 aliphatic rings. The fourth-order valence-electron chi connectivity index (χ4n) is 1.57. The van der Waals surface area contributed by atoms with Gasteiger partial charge in [-0.2, -0.15) is 0 Å². The standard InChI is InChI=1S/C14H16INO3/c1-17-7-8-18-12-4-2-3-11(9-12)16-10-13-5-6-14(15)19-13/h2-6,9,16H,7-8,10H2,1H3. The predicted octanol–water partition coefficient (Wildman–Crippen LogP) is 3.52. The van der Waals surface area contributed by atoms with Gasteiger partial charge in [0.25, 0.3) is 0 Å². The van der Waals surface area contributed by atoms with Gasteiger partial charge in [0, 0.05) is 18.9 Å². The Morgan fingerprint density at radius 1 is 1.21 bits per heavy atom. The van der Waals surface area contributed by atoms with Gasteiger partial charge in [-0.3, -0.25) is 0 Å². The molecule has 0 aliphatic heterocycles. The van der Waals surface area contributed by atoms with Crippen molar-refractivity contribution in [1.29, 1.82) is 0 Å². The summed E-state index contributed by atoms with van der Waals surface area (Å²) in [4.78, 5) is 0. The van der Waals surface area contributed by atoms with E-state index in [2.05, 4.69) is 27.9 Å². The lowest BCUT2D eigenvalue weighted by Gasteiger charge is -2.08. The smallest absolute Gasteiger partial charge is 0.164 e. The van der Waals surface area contributed by atoms with E-state index < -0.39 is 0 Å². The molecule has 19 heavy (non-hydrogen) atoms. The number of hydrogen-bond acceptors (Lipinski definition) is 4. The molecule has 0 aliphatic carbocycles. The van der Waals surface area contributed by atoms with E-state index in [4.69, 9.17) is 13.9 Å². The Labute approximate surface area is 126 Å². The molecule has 0 spiro atoms. The van der Waals surface area contributed by atoms with Gasteiger partial charge in [0.2, 0.25) is 0 Å². The summed E-state index contributed by atoms with van der Waals surface area (Å²) in [7, 11) is 1.66. The number of halogens is 1. The highest BCUT2D eigenvalue weighted by Crippen LogP contribution is 2.18. The Balaban J connectivity index is 1.87.